The number of rotatable bonds is 8. The van der Waals surface area contributed by atoms with Crippen LogP contribution in [0.3, 0.4) is 0 Å². The first-order chi connectivity index (χ1) is 11.7. The Hall–Kier alpha value is -1.83. The number of hydrogen-bond acceptors (Lipinski definition) is 9. The van der Waals surface area contributed by atoms with Crippen molar-refractivity contribution < 1.29 is 39.5 Å². The average molecular weight is 362 g/mol. The van der Waals surface area contributed by atoms with Gasteiger partial charge in [0.25, 0.3) is 0 Å². The van der Waals surface area contributed by atoms with Gasteiger partial charge in [0.15, 0.2) is 6.04 Å². The first-order valence-electron chi connectivity index (χ1n) is 7.65. The Morgan fingerprint density at radius 1 is 1.36 bits per heavy atom. The second-order valence-corrected chi connectivity index (χ2v) is 6.01. The molecule has 25 heavy (non-hydrogen) atoms. The molecule has 12 heteroatoms. The summed E-state index contributed by atoms with van der Waals surface area (Å²) in [5.41, 5.74) is 10.6. The minimum absolute atomic E-state index is 0.00484. The van der Waals surface area contributed by atoms with Crippen molar-refractivity contribution in [2.75, 3.05) is 13.1 Å². The fourth-order valence-electron chi connectivity index (χ4n) is 2.68. The molecule has 2 rings (SSSR count). The van der Waals surface area contributed by atoms with Gasteiger partial charge in [-0.3, -0.25) is 9.59 Å². The van der Waals surface area contributed by atoms with E-state index >= 15 is 0 Å². The number of aliphatic carboxylic acids is 1. The second kappa shape index (κ2) is 7.59. The van der Waals surface area contributed by atoms with Crippen LogP contribution in [0.15, 0.2) is 0 Å². The molecule has 2 heterocycles. The van der Waals surface area contributed by atoms with E-state index in [2.05, 4.69) is 0 Å². The number of nitrogens with two attached hydrogens (primary N) is 2. The molecule has 2 amide bonds. The van der Waals surface area contributed by atoms with Gasteiger partial charge >= 0.3 is 5.97 Å². The second-order valence-electron chi connectivity index (χ2n) is 6.01. The lowest BCUT2D eigenvalue weighted by Crippen LogP contribution is -2.60. The van der Waals surface area contributed by atoms with Crippen LogP contribution in [0.25, 0.3) is 0 Å². The minimum Gasteiger partial charge on any atom is -0.480 e. The number of carboxylic acids is 1. The number of hydrogen-bond donors (Lipinski definition) is 7. The van der Waals surface area contributed by atoms with Gasteiger partial charge in [0.1, 0.15) is 30.6 Å². The minimum atomic E-state index is -1.78. The number of nitrogens with one attached hydrogen (secondary N) is 1. The third-order valence-electron chi connectivity index (χ3n) is 4.32. The third kappa shape index (κ3) is 3.89. The molecule has 0 aliphatic carbocycles. The maximum Gasteiger partial charge on any atom is 0.329 e. The number of carbonyl (C=O) groups is 3. The third-order valence-corrected chi connectivity index (χ3v) is 4.32. The average Bonchev–Trinajstić information content (AvgIpc) is 2.93. The summed E-state index contributed by atoms with van der Waals surface area (Å²) in [6, 6.07) is -3.43. The van der Waals surface area contributed by atoms with Crippen molar-refractivity contribution in [3.05, 3.63) is 0 Å². The van der Waals surface area contributed by atoms with Crippen LogP contribution in [0.1, 0.15) is 6.42 Å². The molecule has 12 nitrogen and oxygen atoms in total. The predicted octanol–water partition coefficient (Wildman–Crippen LogP) is -5.12. The van der Waals surface area contributed by atoms with Crippen LogP contribution < -0.4 is 16.8 Å². The highest BCUT2D eigenvalue weighted by Crippen LogP contribution is 2.30. The fraction of sp³-hybridized carbons (Fsp3) is 0.769. The van der Waals surface area contributed by atoms with E-state index in [1.165, 1.54) is 4.90 Å². The molecule has 2 saturated heterocycles. The molecule has 2 fully saturated rings. The van der Waals surface area contributed by atoms with E-state index in [1.807, 2.05) is 5.32 Å². The monoisotopic (exact) mass is 362 g/mol. The van der Waals surface area contributed by atoms with Gasteiger partial charge < -0.3 is 46.8 Å². The molecule has 0 unspecified atom stereocenters. The lowest BCUT2D eigenvalue weighted by Gasteiger charge is -2.31. The summed E-state index contributed by atoms with van der Waals surface area (Å²) < 4.78 is 5.37. The highest BCUT2D eigenvalue weighted by Gasteiger charge is 2.49. The SMILES string of the molecule is NC[C@@H](O)[C@@H](O)[C@H](N)C(=O)N[C@H](C(=O)O)[C@@H](O)[C@H]1CN2C(=O)C[C@@H]2O1. The Labute approximate surface area is 142 Å². The van der Waals surface area contributed by atoms with Crippen molar-refractivity contribution in [1.29, 1.82) is 0 Å². The van der Waals surface area contributed by atoms with Gasteiger partial charge in [0, 0.05) is 6.54 Å². The van der Waals surface area contributed by atoms with Crippen molar-refractivity contribution in [3.8, 4) is 0 Å². The number of amides is 2. The first kappa shape index (κ1) is 19.5. The number of carbonyl (C=O) groups excluding carboxylic acids is 2. The van der Waals surface area contributed by atoms with E-state index in [0.717, 1.165) is 0 Å². The highest BCUT2D eigenvalue weighted by molar-refractivity contribution is 5.87. The Balaban J connectivity index is 1.99. The normalized spacial score (nSPS) is 28.4. The Morgan fingerprint density at radius 3 is 2.48 bits per heavy atom. The molecule has 0 spiro atoms. The number of aliphatic hydroxyl groups excluding tert-OH is 3. The summed E-state index contributed by atoms with van der Waals surface area (Å²) in [5.74, 6) is -2.81. The summed E-state index contributed by atoms with van der Waals surface area (Å²) in [6.07, 6.45) is -6.17. The van der Waals surface area contributed by atoms with Crippen LogP contribution in [-0.2, 0) is 19.1 Å². The van der Waals surface area contributed by atoms with Gasteiger partial charge in [-0.2, -0.15) is 0 Å². The molecule has 0 saturated carbocycles. The van der Waals surface area contributed by atoms with Crippen LogP contribution in [0.5, 0.6) is 0 Å². The van der Waals surface area contributed by atoms with Crippen molar-refractivity contribution in [3.63, 3.8) is 0 Å². The van der Waals surface area contributed by atoms with Crippen molar-refractivity contribution in [2.24, 2.45) is 11.5 Å². The lowest BCUT2D eigenvalue weighted by molar-refractivity contribution is -0.161. The molecule has 142 valence electrons. The van der Waals surface area contributed by atoms with Gasteiger partial charge in [-0.05, 0) is 0 Å². The van der Waals surface area contributed by atoms with E-state index in [4.69, 9.17) is 16.2 Å². The zero-order chi connectivity index (χ0) is 18.9. The summed E-state index contributed by atoms with van der Waals surface area (Å²) in [6.45, 7) is -0.348. The van der Waals surface area contributed by atoms with E-state index in [-0.39, 0.29) is 25.4 Å². The van der Waals surface area contributed by atoms with Crippen molar-refractivity contribution in [1.82, 2.24) is 10.2 Å². The zero-order valence-corrected chi connectivity index (χ0v) is 13.2. The predicted molar refractivity (Wildman–Crippen MR) is 79.6 cm³/mol. The smallest absolute Gasteiger partial charge is 0.329 e. The Morgan fingerprint density at radius 2 is 2.00 bits per heavy atom. The molecule has 7 atom stereocenters. The lowest BCUT2D eigenvalue weighted by atomic mass is 10.0. The van der Waals surface area contributed by atoms with E-state index in [9.17, 15) is 34.8 Å². The molecule has 0 aromatic rings. The van der Waals surface area contributed by atoms with Gasteiger partial charge in [-0.25, -0.2) is 4.79 Å². The van der Waals surface area contributed by atoms with Crippen molar-refractivity contribution >= 4 is 17.8 Å². The van der Waals surface area contributed by atoms with Crippen LogP contribution in [-0.4, -0.2) is 98.9 Å². The molecule has 0 aromatic carbocycles. The topological polar surface area (TPSA) is 209 Å². The van der Waals surface area contributed by atoms with Crippen LogP contribution >= 0.6 is 0 Å². The van der Waals surface area contributed by atoms with Gasteiger partial charge in [0.05, 0.1) is 19.1 Å². The summed E-state index contributed by atoms with van der Waals surface area (Å²) in [7, 11) is 0. The van der Waals surface area contributed by atoms with Gasteiger partial charge in [-0.15, -0.1) is 0 Å². The number of aliphatic hydroxyl groups is 3. The summed E-state index contributed by atoms with van der Waals surface area (Å²) in [4.78, 5) is 36.0. The maximum absolute atomic E-state index is 12.0. The number of nitrogens with zero attached hydrogens (tertiary/aromatic N) is 1. The molecular weight excluding hydrogens is 340 g/mol. The molecular formula is C13H22N4O8. The number of ether oxygens (including phenoxy) is 1. The fourth-order valence-corrected chi connectivity index (χ4v) is 2.68. The number of β-lactam (4-membered cyclic amide) rings is 1. The number of fused-ring (bicyclic) bond motifs is 1. The van der Waals surface area contributed by atoms with Gasteiger partial charge in [0.2, 0.25) is 11.8 Å². The first-order valence-corrected chi connectivity index (χ1v) is 7.65. The van der Waals surface area contributed by atoms with E-state index in [1.54, 1.807) is 0 Å². The van der Waals surface area contributed by atoms with Crippen LogP contribution in [0, 0.1) is 0 Å². The Bertz CT molecular complexity index is 546. The van der Waals surface area contributed by atoms with Crippen LogP contribution in [0.4, 0.5) is 0 Å². The molecule has 9 N–H and O–H groups in total. The standard InChI is InChI=1S/C13H22N4O8/c14-2-4(18)10(20)8(15)12(22)16-9(13(23)24)11(21)5-3-17-6(19)1-7(17)25-5/h4-5,7-11,18,20-21H,1-3,14-15H2,(H,16,22)(H,23,24)/t4-,5-,7+,8+,9+,10-,11+/m1/s1. The largest absolute Gasteiger partial charge is 0.480 e. The van der Waals surface area contributed by atoms with Crippen molar-refractivity contribution in [2.45, 2.75) is 49.1 Å². The van der Waals surface area contributed by atoms with Gasteiger partial charge in [-0.1, -0.05) is 0 Å². The van der Waals surface area contributed by atoms with Crippen LogP contribution in [0.2, 0.25) is 0 Å². The van der Waals surface area contributed by atoms with E-state index < -0.39 is 54.6 Å². The molecule has 0 aromatic heterocycles. The quantitative estimate of drug-likeness (QED) is 0.204. The number of carboxylic acid groups (broad SMARTS) is 1. The summed E-state index contributed by atoms with van der Waals surface area (Å²) in [5, 5.41) is 40.5. The van der Waals surface area contributed by atoms with E-state index in [0.29, 0.717) is 0 Å². The summed E-state index contributed by atoms with van der Waals surface area (Å²) >= 11 is 0. The molecule has 0 bridgehead atoms. The highest BCUT2D eigenvalue weighted by atomic mass is 16.5. The molecule has 2 aliphatic heterocycles. The molecule has 0 radical (unpaired) electrons. The zero-order valence-electron chi connectivity index (χ0n) is 13.2. The molecule has 2 aliphatic rings. The maximum atomic E-state index is 12.0. The Kier molecular flexibility index (Phi) is 5.92.